The van der Waals surface area contributed by atoms with E-state index in [2.05, 4.69) is 31.6 Å². The van der Waals surface area contributed by atoms with Crippen molar-refractivity contribution in [3.8, 4) is 0 Å². The van der Waals surface area contributed by atoms with Crippen molar-refractivity contribution in [2.75, 3.05) is 53.3 Å². The number of amides is 11. The molecule has 1 fully saturated rings. The van der Waals surface area contributed by atoms with E-state index >= 15 is 0 Å². The van der Waals surface area contributed by atoms with Crippen LogP contribution in [0, 0.1) is 35.5 Å². The fourth-order valence-corrected chi connectivity index (χ4v) is 13.4. The molecule has 11 amide bonds. The van der Waals surface area contributed by atoms with Gasteiger partial charge in [-0.3, -0.25) is 53.0 Å². The molecule has 0 radical (unpaired) electrons. The minimum Gasteiger partial charge on any atom is -0.445 e. The molecule has 2 aromatic carbocycles. The van der Waals surface area contributed by atoms with E-state index in [-0.39, 0.29) is 99.1 Å². The van der Waals surface area contributed by atoms with Crippen molar-refractivity contribution in [1.82, 2.24) is 45.9 Å². The first-order valence-electron chi connectivity index (χ1n) is 34.0. The number of nitrogens with one attached hydrogen (secondary N) is 5. The van der Waals surface area contributed by atoms with Crippen molar-refractivity contribution >= 4 is 82.2 Å². The number of carbonyl (C=O) groups is 11. The molecule has 26 heteroatoms. The van der Waals surface area contributed by atoms with Crippen LogP contribution >= 0.6 is 11.3 Å². The molecule has 5 rings (SSSR count). The number of methoxy groups -OCH3 is 2. The number of thiazole rings is 1. The maximum Gasteiger partial charge on any atom is 0.410 e. The molecule has 0 aliphatic carbocycles. The van der Waals surface area contributed by atoms with E-state index in [0.717, 1.165) is 15.5 Å². The molecular weight excluding hydrogens is 1260 g/mol. The summed E-state index contributed by atoms with van der Waals surface area (Å²) in [6, 6.07) is 11.0. The summed E-state index contributed by atoms with van der Waals surface area (Å²) >= 11 is 1.47. The van der Waals surface area contributed by atoms with Gasteiger partial charge in [0, 0.05) is 96.1 Å². The number of imide groups is 1. The van der Waals surface area contributed by atoms with Crippen molar-refractivity contribution in [1.29, 1.82) is 0 Å². The number of ketones is 1. The van der Waals surface area contributed by atoms with Gasteiger partial charge < -0.3 is 56.3 Å². The molecule has 0 saturated carbocycles. The molecule has 11 atom stereocenters. The summed E-state index contributed by atoms with van der Waals surface area (Å²) in [4.78, 5) is 158. The number of likely N-dealkylation sites (N-methyl/N-ethyl adjacent to an activating group) is 2. The Morgan fingerprint density at radius 1 is 0.742 bits per heavy atom. The van der Waals surface area contributed by atoms with Crippen molar-refractivity contribution in [2.45, 2.75) is 194 Å². The number of nitrogens with zero attached hydrogens (tertiary/aromatic N) is 5. The van der Waals surface area contributed by atoms with Crippen LogP contribution in [0.4, 0.5) is 15.3 Å². The molecule has 0 bridgehead atoms. The number of primary amides is 1. The summed E-state index contributed by atoms with van der Waals surface area (Å²) < 4.78 is 17.9. The van der Waals surface area contributed by atoms with Crippen molar-refractivity contribution in [3.63, 3.8) is 0 Å². The molecule has 3 heterocycles. The number of urea groups is 1. The molecule has 25 nitrogen and oxygen atoms in total. The van der Waals surface area contributed by atoms with Crippen LogP contribution in [-0.4, -0.2) is 180 Å². The van der Waals surface area contributed by atoms with Crippen molar-refractivity contribution in [2.24, 2.45) is 41.2 Å². The summed E-state index contributed by atoms with van der Waals surface area (Å²) in [5.74, 6) is -6.00. The lowest BCUT2D eigenvalue weighted by atomic mass is 9.88. The van der Waals surface area contributed by atoms with Gasteiger partial charge in [-0.1, -0.05) is 118 Å². The molecule has 1 aromatic heterocycles. The minimum atomic E-state index is -1.08. The van der Waals surface area contributed by atoms with Crippen LogP contribution in [0.1, 0.15) is 155 Å². The molecule has 7 N–H and O–H groups in total. The highest BCUT2D eigenvalue weighted by Crippen LogP contribution is 2.31. The number of nitrogens with two attached hydrogens (primary N) is 1. The number of hydrogen-bond acceptors (Lipinski definition) is 16. The molecule has 0 spiro atoms. The molecule has 2 aliphatic rings. The van der Waals surface area contributed by atoms with Gasteiger partial charge >= 0.3 is 12.1 Å². The van der Waals surface area contributed by atoms with Crippen LogP contribution in [0.15, 0.2) is 78.3 Å². The first kappa shape index (κ1) is 79.6. The average molecular weight is 1370 g/mol. The predicted molar refractivity (Wildman–Crippen MR) is 369 cm³/mol. The third kappa shape index (κ3) is 23.6. The summed E-state index contributed by atoms with van der Waals surface area (Å²) in [7, 11) is 6.17. The third-order valence-corrected chi connectivity index (χ3v) is 19.3. The lowest BCUT2D eigenvalue weighted by Crippen LogP contribution is -2.60. The minimum absolute atomic E-state index is 0.0575. The highest BCUT2D eigenvalue weighted by molar-refractivity contribution is 7.09. The Labute approximate surface area is 575 Å². The van der Waals surface area contributed by atoms with Gasteiger partial charge in [-0.2, -0.15) is 0 Å². The second-order valence-electron chi connectivity index (χ2n) is 26.5. The molecule has 3 aromatic rings. The zero-order valence-corrected chi connectivity index (χ0v) is 59.7. The van der Waals surface area contributed by atoms with Crippen LogP contribution in [0.5, 0.6) is 0 Å². The first-order chi connectivity index (χ1) is 46.1. The van der Waals surface area contributed by atoms with Gasteiger partial charge in [-0.05, 0) is 91.9 Å². The van der Waals surface area contributed by atoms with E-state index in [1.54, 1.807) is 68.3 Å². The van der Waals surface area contributed by atoms with E-state index in [1.165, 1.54) is 42.5 Å². The van der Waals surface area contributed by atoms with Gasteiger partial charge in [0.05, 0.1) is 42.7 Å². The number of unbranched alkanes of at least 4 members (excludes halogenated alkanes) is 2. The van der Waals surface area contributed by atoms with Gasteiger partial charge in [0.2, 0.25) is 35.4 Å². The zero-order chi connectivity index (χ0) is 71.6. The fourth-order valence-electron chi connectivity index (χ4n) is 12.7. The second-order valence-corrected chi connectivity index (χ2v) is 27.5. The Kier molecular flexibility index (Phi) is 32.3. The summed E-state index contributed by atoms with van der Waals surface area (Å²) in [5, 5.41) is 17.0. The van der Waals surface area contributed by atoms with E-state index < -0.39 is 102 Å². The van der Waals surface area contributed by atoms with Crippen LogP contribution < -0.4 is 32.3 Å². The number of aromatic nitrogens is 1. The van der Waals surface area contributed by atoms with Crippen molar-refractivity contribution in [3.05, 3.63) is 94.5 Å². The Balaban J connectivity index is 1.18. The zero-order valence-electron chi connectivity index (χ0n) is 58.8. The van der Waals surface area contributed by atoms with Gasteiger partial charge in [0.1, 0.15) is 35.5 Å². The number of benzene rings is 2. The standard InChI is InChI=1S/C71H105N11O14S/c1-14-46(8)62(56(94-12)41-59(86)81-37-22-27-55(81)63(95-13)47(9)64(87)77-54(68-73-35-38-97-68)39-48-23-17-15-18-24-48)79(10)69(91)60(44(4)5)78-67(90)61(45(6)7)80(11)71(93)96-42-49-28-30-50(31-29-49)75-66(89)53(26-21-34-74-70(72)92)76-65(88)52(43(2)3)40-51(83)25-19-16-20-36-82-57(84)32-33-58(82)85/h15,17-18,23-24,28-33,35,38,43-47,52-56,60-63H,14,16,19-22,25-27,34,36-37,39-42H2,1-13H3,(H,75,89)(H,76,88)(H,77,87)(H,78,90)(H3,72,74,92)/t46-,47+,52-,53-,54-,55-,56+,60-,61-,62-,63+/m0/s1. The maximum absolute atomic E-state index is 14.9. The quantitative estimate of drug-likeness (QED) is 0.0237. The SMILES string of the molecule is CC[C@H](C)[C@@H]([C@@H](CC(=O)N1CCC[C@H]1[C@H](OC)[C@@H](C)C(=O)N[C@@H](Cc1ccccc1)c1nccs1)OC)N(C)C(=O)[C@@H](NC(=O)[C@H](C(C)C)N(C)C(=O)OCc1ccc(NC(=O)[C@H](CCCNC(N)=O)NC(=O)[C@@H](CC(=O)CCCCCN2C(=O)C=CC2=O)C(C)C)cc1)C(C)C. The van der Waals surface area contributed by atoms with Gasteiger partial charge in [-0.15, -0.1) is 11.3 Å². The van der Waals surface area contributed by atoms with E-state index in [1.807, 2.05) is 84.2 Å². The summed E-state index contributed by atoms with van der Waals surface area (Å²) in [5.41, 5.74) is 7.20. The second kappa shape index (κ2) is 39.3. The Hall–Kier alpha value is -8.10. The lowest BCUT2D eigenvalue weighted by Gasteiger charge is -2.41. The van der Waals surface area contributed by atoms with E-state index in [0.29, 0.717) is 62.7 Å². The summed E-state index contributed by atoms with van der Waals surface area (Å²) in [6.07, 6.45) is 6.55. The third-order valence-electron chi connectivity index (χ3n) is 18.5. The van der Waals surface area contributed by atoms with Crippen molar-refractivity contribution < 1.29 is 67.0 Å². The highest BCUT2D eigenvalue weighted by Gasteiger charge is 2.44. The monoisotopic (exact) mass is 1370 g/mol. The Morgan fingerprint density at radius 3 is 2.01 bits per heavy atom. The number of Topliss-reactive ketones (excluding diaryl/α,β-unsaturated/α-hetero) is 1. The van der Waals surface area contributed by atoms with Gasteiger partial charge in [0.25, 0.3) is 11.8 Å². The number of hydrogen-bond donors (Lipinski definition) is 6. The van der Waals surface area contributed by atoms with Crippen LogP contribution in [0.25, 0.3) is 0 Å². The smallest absolute Gasteiger partial charge is 0.410 e. The molecule has 534 valence electrons. The molecule has 1 saturated heterocycles. The van der Waals surface area contributed by atoms with Gasteiger partial charge in [-0.25, -0.2) is 14.6 Å². The number of ether oxygens (including phenoxy) is 3. The maximum atomic E-state index is 14.9. The molecule has 0 unspecified atom stereocenters. The molecule has 97 heavy (non-hydrogen) atoms. The normalized spacial score (nSPS) is 16.9. The van der Waals surface area contributed by atoms with Crippen LogP contribution in [-0.2, 0) is 70.4 Å². The number of anilines is 1. The number of likely N-dealkylation sites (tertiary alicyclic amines) is 1. The highest BCUT2D eigenvalue weighted by atomic mass is 32.1. The van der Waals surface area contributed by atoms with E-state index in [4.69, 9.17) is 19.9 Å². The number of rotatable bonds is 40. The predicted octanol–water partition coefficient (Wildman–Crippen LogP) is 7.49. The van der Waals surface area contributed by atoms with E-state index in [9.17, 15) is 52.7 Å². The number of carbonyl (C=O) groups excluding carboxylic acids is 11. The van der Waals surface area contributed by atoms with Crippen LogP contribution in [0.2, 0.25) is 0 Å². The topological polar surface area (TPSA) is 327 Å². The lowest BCUT2D eigenvalue weighted by molar-refractivity contribution is -0.148. The molecular formula is C71H105N11O14S. The molecule has 2 aliphatic heterocycles. The van der Waals surface area contributed by atoms with Gasteiger partial charge in [0.15, 0.2) is 0 Å². The largest absolute Gasteiger partial charge is 0.445 e. The average Bonchev–Trinajstić information content (AvgIpc) is 1.80. The first-order valence-corrected chi connectivity index (χ1v) is 34.8. The van der Waals surface area contributed by atoms with Crippen LogP contribution in [0.3, 0.4) is 0 Å². The Morgan fingerprint density at radius 2 is 1.42 bits per heavy atom. The Bertz CT molecular complexity index is 3110. The fraction of sp³-hybridized carbons (Fsp3) is 0.606. The summed E-state index contributed by atoms with van der Waals surface area (Å²) in [6.45, 7) is 17.2.